The van der Waals surface area contributed by atoms with Crippen LogP contribution in [0.2, 0.25) is 0 Å². The Hall–Kier alpha value is -2.26. The van der Waals surface area contributed by atoms with Crippen molar-refractivity contribution in [3.05, 3.63) is 47.0 Å². The summed E-state index contributed by atoms with van der Waals surface area (Å²) in [6, 6.07) is 13.3. The molecule has 3 heteroatoms. The standard InChI is InChI=1S/C23H28N2O/c1-15(13-23(2,3)4)24-22-12-19-18-10-16-8-6-7-9-17(16)11-20(18)26-21(19)14-25(22)5/h6-12,14-15,22,24H,13H2,1-5H3/t15-,22?/m1/s1. The van der Waals surface area contributed by atoms with Crippen LogP contribution >= 0.6 is 0 Å². The third kappa shape index (κ3) is 3.24. The predicted molar refractivity (Wildman–Crippen MR) is 110 cm³/mol. The number of nitrogens with one attached hydrogen (secondary N) is 1. The van der Waals surface area contributed by atoms with Gasteiger partial charge in [-0.15, -0.1) is 0 Å². The molecular formula is C23H28N2O. The SMILES string of the molecule is C[C@H](CC(C)(C)C)NC1C=c2c(oc3cc4ccccc4cc23)=CN1C. The second kappa shape index (κ2) is 6.17. The molecule has 0 amide bonds. The Balaban J connectivity index is 1.76. The molecule has 2 atom stereocenters. The Morgan fingerprint density at radius 3 is 2.54 bits per heavy atom. The van der Waals surface area contributed by atoms with Gasteiger partial charge in [0.2, 0.25) is 0 Å². The normalized spacial score (nSPS) is 18.5. The number of nitrogens with zero attached hydrogens (tertiary/aromatic N) is 1. The first-order valence-corrected chi connectivity index (χ1v) is 9.43. The maximum atomic E-state index is 6.15. The summed E-state index contributed by atoms with van der Waals surface area (Å²) in [4.78, 5) is 2.20. The van der Waals surface area contributed by atoms with Crippen molar-refractivity contribution in [1.29, 1.82) is 0 Å². The minimum absolute atomic E-state index is 0.173. The van der Waals surface area contributed by atoms with Crippen LogP contribution in [-0.4, -0.2) is 24.2 Å². The van der Waals surface area contributed by atoms with Crippen LogP contribution < -0.4 is 16.0 Å². The van der Waals surface area contributed by atoms with Crippen molar-refractivity contribution in [1.82, 2.24) is 10.2 Å². The highest BCUT2D eigenvalue weighted by Crippen LogP contribution is 2.22. The Bertz CT molecular complexity index is 1070. The molecule has 1 N–H and O–H groups in total. The van der Waals surface area contributed by atoms with Gasteiger partial charge in [-0.1, -0.05) is 45.0 Å². The van der Waals surface area contributed by atoms with E-state index >= 15 is 0 Å². The van der Waals surface area contributed by atoms with E-state index in [1.165, 1.54) is 21.4 Å². The van der Waals surface area contributed by atoms with Crippen LogP contribution in [0.4, 0.5) is 0 Å². The van der Waals surface area contributed by atoms with Gasteiger partial charge in [0.1, 0.15) is 5.58 Å². The molecular weight excluding hydrogens is 320 g/mol. The molecule has 26 heavy (non-hydrogen) atoms. The van der Waals surface area contributed by atoms with Crippen LogP contribution in [0, 0.1) is 5.41 Å². The molecule has 0 fully saturated rings. The van der Waals surface area contributed by atoms with E-state index in [2.05, 4.69) is 93.6 Å². The molecule has 4 rings (SSSR count). The Kier molecular flexibility index (Phi) is 4.07. The van der Waals surface area contributed by atoms with Crippen molar-refractivity contribution < 1.29 is 4.42 Å². The largest absolute Gasteiger partial charge is 0.455 e. The lowest BCUT2D eigenvalue weighted by Crippen LogP contribution is -2.49. The van der Waals surface area contributed by atoms with E-state index in [4.69, 9.17) is 4.42 Å². The summed E-state index contributed by atoms with van der Waals surface area (Å²) < 4.78 is 6.15. The zero-order valence-corrected chi connectivity index (χ0v) is 16.3. The summed E-state index contributed by atoms with van der Waals surface area (Å²) in [5.74, 6) is 0. The van der Waals surface area contributed by atoms with Gasteiger partial charge in [0.25, 0.3) is 0 Å². The Labute approximate surface area is 155 Å². The van der Waals surface area contributed by atoms with Crippen molar-refractivity contribution in [3.8, 4) is 0 Å². The van der Waals surface area contributed by atoms with Crippen LogP contribution in [-0.2, 0) is 0 Å². The van der Waals surface area contributed by atoms with Crippen LogP contribution in [0.3, 0.4) is 0 Å². The lowest BCUT2D eigenvalue weighted by molar-refractivity contribution is 0.271. The second-order valence-corrected chi connectivity index (χ2v) is 8.81. The van der Waals surface area contributed by atoms with Crippen molar-refractivity contribution in [2.75, 3.05) is 7.05 Å². The quantitative estimate of drug-likeness (QED) is 0.781. The average Bonchev–Trinajstić information content (AvgIpc) is 2.87. The van der Waals surface area contributed by atoms with Gasteiger partial charge in [-0.25, -0.2) is 0 Å². The van der Waals surface area contributed by atoms with E-state index in [1.54, 1.807) is 0 Å². The van der Waals surface area contributed by atoms with Gasteiger partial charge < -0.3 is 9.32 Å². The number of fused-ring (bicyclic) bond motifs is 4. The van der Waals surface area contributed by atoms with E-state index in [0.717, 1.165) is 17.4 Å². The van der Waals surface area contributed by atoms with Gasteiger partial charge in [-0.2, -0.15) is 0 Å². The number of hydrogen-bond donors (Lipinski definition) is 1. The molecule has 1 aromatic heterocycles. The van der Waals surface area contributed by atoms with Gasteiger partial charge in [0.05, 0.1) is 6.17 Å². The van der Waals surface area contributed by atoms with Gasteiger partial charge in [-0.3, -0.25) is 5.32 Å². The Morgan fingerprint density at radius 2 is 1.85 bits per heavy atom. The fraction of sp³-hybridized carbons (Fsp3) is 0.391. The van der Waals surface area contributed by atoms with Gasteiger partial charge in [0.15, 0.2) is 5.42 Å². The van der Waals surface area contributed by atoms with Crippen molar-refractivity contribution in [2.45, 2.75) is 46.3 Å². The van der Waals surface area contributed by atoms with Gasteiger partial charge >= 0.3 is 0 Å². The fourth-order valence-corrected chi connectivity index (χ4v) is 4.06. The molecule has 0 saturated carbocycles. The second-order valence-electron chi connectivity index (χ2n) is 8.81. The molecule has 1 unspecified atom stereocenters. The maximum Gasteiger partial charge on any atom is 0.151 e. The van der Waals surface area contributed by atoms with Gasteiger partial charge in [0, 0.05) is 29.9 Å². The van der Waals surface area contributed by atoms with E-state index in [0.29, 0.717) is 11.5 Å². The van der Waals surface area contributed by atoms with Gasteiger partial charge in [-0.05, 0) is 47.7 Å². The lowest BCUT2D eigenvalue weighted by atomic mass is 9.88. The molecule has 0 aliphatic carbocycles. The molecule has 3 aromatic rings. The summed E-state index contributed by atoms with van der Waals surface area (Å²) in [5.41, 5.74) is 2.22. The van der Waals surface area contributed by atoms with Crippen LogP contribution in [0.5, 0.6) is 0 Å². The predicted octanol–water partition coefficient (Wildman–Crippen LogP) is 3.79. The number of furan rings is 1. The zero-order valence-electron chi connectivity index (χ0n) is 16.3. The topological polar surface area (TPSA) is 28.4 Å². The molecule has 0 bridgehead atoms. The van der Waals surface area contributed by atoms with Crippen molar-refractivity contribution in [3.63, 3.8) is 0 Å². The number of benzene rings is 2. The van der Waals surface area contributed by atoms with Crippen molar-refractivity contribution in [2.24, 2.45) is 5.41 Å². The molecule has 2 aromatic carbocycles. The summed E-state index contributed by atoms with van der Waals surface area (Å²) in [7, 11) is 2.10. The average molecular weight is 348 g/mol. The minimum Gasteiger partial charge on any atom is -0.455 e. The first kappa shape index (κ1) is 17.2. The van der Waals surface area contributed by atoms with E-state index < -0.39 is 0 Å². The first-order chi connectivity index (χ1) is 12.3. The molecule has 1 aliphatic rings. The fourth-order valence-electron chi connectivity index (χ4n) is 4.06. The van der Waals surface area contributed by atoms with E-state index in [1.807, 2.05) is 0 Å². The molecule has 3 nitrogen and oxygen atoms in total. The molecule has 0 radical (unpaired) electrons. The lowest BCUT2D eigenvalue weighted by Gasteiger charge is -2.32. The smallest absolute Gasteiger partial charge is 0.151 e. The first-order valence-electron chi connectivity index (χ1n) is 9.43. The zero-order chi connectivity index (χ0) is 18.5. The molecule has 2 heterocycles. The summed E-state index contributed by atoms with van der Waals surface area (Å²) in [5, 5.41) is 8.61. The van der Waals surface area contributed by atoms with E-state index in [-0.39, 0.29) is 6.17 Å². The number of rotatable bonds is 3. The molecule has 0 spiro atoms. The molecule has 1 aliphatic heterocycles. The van der Waals surface area contributed by atoms with Crippen LogP contribution in [0.1, 0.15) is 34.1 Å². The highest BCUT2D eigenvalue weighted by molar-refractivity contribution is 5.96. The summed E-state index contributed by atoms with van der Waals surface area (Å²) in [6.45, 7) is 9.14. The van der Waals surface area contributed by atoms with E-state index in [9.17, 15) is 0 Å². The molecule has 136 valence electrons. The van der Waals surface area contributed by atoms with Crippen LogP contribution in [0.15, 0.2) is 40.8 Å². The maximum absolute atomic E-state index is 6.15. The third-order valence-electron chi connectivity index (χ3n) is 5.08. The van der Waals surface area contributed by atoms with Crippen LogP contribution in [0.25, 0.3) is 34.0 Å². The Morgan fingerprint density at radius 1 is 1.15 bits per heavy atom. The van der Waals surface area contributed by atoms with Crippen molar-refractivity contribution >= 4 is 34.0 Å². The summed E-state index contributed by atoms with van der Waals surface area (Å²) in [6.07, 6.45) is 5.72. The molecule has 0 saturated heterocycles. The summed E-state index contributed by atoms with van der Waals surface area (Å²) >= 11 is 0. The highest BCUT2D eigenvalue weighted by atomic mass is 16.3. The highest BCUT2D eigenvalue weighted by Gasteiger charge is 2.21. The number of hydrogen-bond acceptors (Lipinski definition) is 3. The third-order valence-corrected chi connectivity index (χ3v) is 5.08. The monoisotopic (exact) mass is 348 g/mol. The minimum atomic E-state index is 0.173.